The van der Waals surface area contributed by atoms with Crippen molar-refractivity contribution in [1.29, 1.82) is 0 Å². The van der Waals surface area contributed by atoms with Crippen molar-refractivity contribution in [2.45, 2.75) is 0 Å². The van der Waals surface area contributed by atoms with Crippen LogP contribution in [0.1, 0.15) is 0 Å². The summed E-state index contributed by atoms with van der Waals surface area (Å²) in [4.78, 5) is 10.7. The van der Waals surface area contributed by atoms with Crippen molar-refractivity contribution in [3.8, 4) is 34.0 Å². The molecule has 0 aliphatic carbocycles. The first-order chi connectivity index (χ1) is 23.8. The molecule has 2 aromatic heterocycles. The topological polar surface area (TPSA) is 35.6 Å². The fourth-order valence-electron chi connectivity index (χ4n) is 6.80. The molecular formula is C44H30N4. The number of benzene rings is 7. The van der Waals surface area contributed by atoms with Crippen molar-refractivity contribution >= 4 is 43.7 Å². The van der Waals surface area contributed by atoms with Gasteiger partial charge in [-0.25, -0.2) is 9.97 Å². The van der Waals surface area contributed by atoms with Crippen molar-refractivity contribution in [3.63, 3.8) is 0 Å². The second kappa shape index (κ2) is 11.7. The van der Waals surface area contributed by atoms with Gasteiger partial charge in [0, 0.05) is 27.4 Å². The molecule has 2 heterocycles. The summed E-state index contributed by atoms with van der Waals surface area (Å²) in [5.74, 6) is 0.614. The molecular weight excluding hydrogens is 585 g/mol. The van der Waals surface area contributed by atoms with E-state index in [2.05, 4.69) is 179 Å². The molecule has 4 heteroatoms. The van der Waals surface area contributed by atoms with Crippen molar-refractivity contribution < 1.29 is 0 Å². The Hall–Kier alpha value is -6.52. The summed E-state index contributed by atoms with van der Waals surface area (Å²) in [6.07, 6.45) is 0. The van der Waals surface area contributed by atoms with Crippen LogP contribution in [0, 0.1) is 0 Å². The fraction of sp³-hybridized carbons (Fsp3) is 0. The Labute approximate surface area is 278 Å². The van der Waals surface area contributed by atoms with E-state index in [1.165, 1.54) is 11.1 Å². The van der Waals surface area contributed by atoms with E-state index in [1.54, 1.807) is 0 Å². The molecule has 0 atom stereocenters. The molecule has 0 aliphatic rings. The van der Waals surface area contributed by atoms with Gasteiger partial charge in [0.1, 0.15) is 0 Å². The third-order valence-electron chi connectivity index (χ3n) is 9.01. The van der Waals surface area contributed by atoms with E-state index < -0.39 is 0 Å². The maximum atomic E-state index is 5.42. The molecule has 9 rings (SSSR count). The number of rotatable bonds is 4. The minimum absolute atomic E-state index is 0.614. The Bertz CT molecular complexity index is 2650. The van der Waals surface area contributed by atoms with E-state index in [9.17, 15) is 0 Å². The van der Waals surface area contributed by atoms with E-state index in [-0.39, 0.29) is 0 Å². The quantitative estimate of drug-likeness (QED) is 0.198. The van der Waals surface area contributed by atoms with Gasteiger partial charge >= 0.3 is 0 Å². The number of fused-ring (bicyclic) bond motifs is 5. The summed E-state index contributed by atoms with van der Waals surface area (Å²) in [5.41, 5.74) is 10.4. The third kappa shape index (κ3) is 4.70. The number of hydrogen-bond donors (Lipinski definition) is 0. The number of para-hydroxylation sites is 6. The van der Waals surface area contributed by atoms with Crippen LogP contribution in [0.5, 0.6) is 0 Å². The number of aromatic nitrogens is 4. The molecule has 48 heavy (non-hydrogen) atoms. The van der Waals surface area contributed by atoms with Crippen LogP contribution < -0.4 is 0 Å². The first-order valence-electron chi connectivity index (χ1n) is 16.2. The smallest absolute Gasteiger partial charge is 0.235 e. The normalized spacial score (nSPS) is 11.3. The average Bonchev–Trinajstić information content (AvgIpc) is 3.16. The van der Waals surface area contributed by atoms with Gasteiger partial charge in [-0.15, -0.1) is 0 Å². The summed E-state index contributed by atoms with van der Waals surface area (Å²) >= 11 is 0. The lowest BCUT2D eigenvalue weighted by atomic mass is 10.0. The van der Waals surface area contributed by atoms with Crippen LogP contribution in [0.4, 0.5) is 0 Å². The van der Waals surface area contributed by atoms with Gasteiger partial charge in [0.15, 0.2) is 0 Å². The van der Waals surface area contributed by atoms with Crippen molar-refractivity contribution in [3.05, 3.63) is 182 Å². The largest absolute Gasteiger partial charge is 0.308 e. The zero-order valence-corrected chi connectivity index (χ0v) is 26.1. The van der Waals surface area contributed by atoms with Gasteiger partial charge in [-0.1, -0.05) is 140 Å². The predicted molar refractivity (Wildman–Crippen MR) is 199 cm³/mol. The minimum Gasteiger partial charge on any atom is -0.308 e. The van der Waals surface area contributed by atoms with Crippen LogP contribution in [0.3, 0.4) is 0 Å². The van der Waals surface area contributed by atoms with Gasteiger partial charge in [-0.3, -0.25) is 4.57 Å². The fourth-order valence-corrected chi connectivity index (χ4v) is 6.80. The maximum absolute atomic E-state index is 5.42. The van der Waals surface area contributed by atoms with Crippen LogP contribution in [0.15, 0.2) is 182 Å². The molecule has 0 radical (unpaired) electrons. The van der Waals surface area contributed by atoms with E-state index in [0.717, 1.165) is 60.7 Å². The van der Waals surface area contributed by atoms with Crippen LogP contribution >= 0.6 is 0 Å². The predicted octanol–water partition coefficient (Wildman–Crippen LogP) is 11.1. The lowest BCUT2D eigenvalue weighted by Gasteiger charge is -2.19. The number of hydrogen-bond acceptors (Lipinski definition) is 2. The van der Waals surface area contributed by atoms with E-state index >= 15 is 0 Å². The summed E-state index contributed by atoms with van der Waals surface area (Å²) in [6, 6.07) is 63.8. The summed E-state index contributed by atoms with van der Waals surface area (Å²) in [7, 11) is 0. The molecule has 0 N–H and O–H groups in total. The van der Waals surface area contributed by atoms with Crippen LogP contribution in [-0.2, 0) is 0 Å². The number of nitrogens with zero attached hydrogens (tertiary/aromatic N) is 4. The zero-order valence-electron chi connectivity index (χ0n) is 26.1. The molecule has 9 aromatic rings. The van der Waals surface area contributed by atoms with Crippen molar-refractivity contribution in [2.75, 3.05) is 0 Å². The third-order valence-corrected chi connectivity index (χ3v) is 9.01. The second-order valence-electron chi connectivity index (χ2n) is 11.9. The maximum Gasteiger partial charge on any atom is 0.235 e. The summed E-state index contributed by atoms with van der Waals surface area (Å²) in [6.45, 7) is 0. The zero-order chi connectivity index (χ0) is 31.9. The van der Waals surface area contributed by atoms with Crippen LogP contribution in [0.2, 0.25) is 0 Å². The first-order valence-corrected chi connectivity index (χ1v) is 16.2. The van der Waals surface area contributed by atoms with E-state index in [1.807, 2.05) is 12.1 Å². The van der Waals surface area contributed by atoms with Crippen molar-refractivity contribution in [2.24, 2.45) is 0 Å². The molecule has 0 saturated carbocycles. The average molecular weight is 615 g/mol. The molecule has 0 fully saturated rings. The van der Waals surface area contributed by atoms with Crippen molar-refractivity contribution in [1.82, 2.24) is 19.1 Å². The Kier molecular flexibility index (Phi) is 6.76. The Morgan fingerprint density at radius 3 is 1.44 bits per heavy atom. The summed E-state index contributed by atoms with van der Waals surface area (Å²) < 4.78 is 4.57. The van der Waals surface area contributed by atoms with Gasteiger partial charge in [-0.2, -0.15) is 0 Å². The molecule has 226 valence electrons. The highest BCUT2D eigenvalue weighted by molar-refractivity contribution is 6.06. The van der Waals surface area contributed by atoms with E-state index in [4.69, 9.17) is 9.97 Å². The monoisotopic (exact) mass is 614 g/mol. The molecule has 0 aliphatic heterocycles. The van der Waals surface area contributed by atoms with Gasteiger partial charge in [0.25, 0.3) is 0 Å². The van der Waals surface area contributed by atoms with Gasteiger partial charge in [0.2, 0.25) is 5.95 Å². The van der Waals surface area contributed by atoms with Crippen LogP contribution in [-0.4, -0.2) is 19.1 Å². The van der Waals surface area contributed by atoms with E-state index in [0.29, 0.717) is 5.95 Å². The lowest BCUT2D eigenvalue weighted by Crippen LogP contribution is -2.08. The minimum atomic E-state index is 0.614. The SMILES string of the molecule is c1ccc(-c2ccc(-c3nc(-n4c5ccccc5c5ccccc5n(-c5ccccc5)c5ccccc54)nc4ccccc34)cc2)cc1. The van der Waals surface area contributed by atoms with Gasteiger partial charge in [0.05, 0.1) is 33.3 Å². The van der Waals surface area contributed by atoms with Gasteiger partial charge < -0.3 is 4.57 Å². The Balaban J connectivity index is 1.41. The lowest BCUT2D eigenvalue weighted by molar-refractivity contribution is 1.00. The molecule has 0 amide bonds. The molecule has 0 unspecified atom stereocenters. The highest BCUT2D eigenvalue weighted by atomic mass is 15.2. The van der Waals surface area contributed by atoms with Crippen LogP contribution in [0.25, 0.3) is 77.8 Å². The highest BCUT2D eigenvalue weighted by Gasteiger charge is 2.17. The highest BCUT2D eigenvalue weighted by Crippen LogP contribution is 2.34. The second-order valence-corrected chi connectivity index (χ2v) is 11.9. The molecule has 7 aromatic carbocycles. The Morgan fingerprint density at radius 2 is 0.771 bits per heavy atom. The standard InChI is InChI=1S/C44H30N4/c1-3-15-31(16-4-1)32-27-29-33(30-28-32)43-37-21-7-10-22-38(37)45-44(46-43)48-40-24-12-9-20-36(40)35-19-8-11-23-39(35)47(34-17-5-2-6-18-34)41-25-13-14-26-42(41)48/h1-30H. The molecule has 0 bridgehead atoms. The summed E-state index contributed by atoms with van der Waals surface area (Å²) in [5, 5.41) is 3.25. The Morgan fingerprint density at radius 1 is 0.312 bits per heavy atom. The first kappa shape index (κ1) is 27.8. The molecule has 4 nitrogen and oxygen atoms in total. The molecule has 0 saturated heterocycles. The molecule has 0 spiro atoms. The van der Waals surface area contributed by atoms with Gasteiger partial charge in [-0.05, 0) is 53.6 Å².